The van der Waals surface area contributed by atoms with Gasteiger partial charge in [0.25, 0.3) is 0 Å². The third kappa shape index (κ3) is 0.645. The molecule has 76 valence electrons. The topological polar surface area (TPSA) is 43.4 Å². The minimum atomic E-state index is -0.408. The summed E-state index contributed by atoms with van der Waals surface area (Å²) < 4.78 is 5.48. The highest BCUT2D eigenvalue weighted by molar-refractivity contribution is 5.85. The minimum Gasteiger partial charge on any atom is -0.459 e. The molecule has 4 fully saturated rings. The molecule has 3 nitrogen and oxygen atoms in total. The summed E-state index contributed by atoms with van der Waals surface area (Å²) in [5, 5.41) is 0. The summed E-state index contributed by atoms with van der Waals surface area (Å²) >= 11 is 0. The molecule has 0 spiro atoms. The number of rotatable bonds is 2. The zero-order chi connectivity index (χ0) is 9.97. The summed E-state index contributed by atoms with van der Waals surface area (Å²) in [5.41, 5.74) is -0.663. The third-order valence-electron chi connectivity index (χ3n) is 4.72. The number of carbonyl (C=O) groups excluding carboxylic acids is 2. The number of hydrogen-bond donors (Lipinski definition) is 0. The second kappa shape index (κ2) is 2.20. The van der Waals surface area contributed by atoms with Crippen molar-refractivity contribution in [2.45, 2.75) is 38.2 Å². The molecule has 0 N–H and O–H groups in total. The van der Waals surface area contributed by atoms with Crippen molar-refractivity contribution >= 4 is 12.3 Å². The van der Waals surface area contributed by atoms with Gasteiger partial charge in [0.2, 0.25) is 0 Å². The molecule has 3 aliphatic carbocycles. The van der Waals surface area contributed by atoms with Crippen LogP contribution < -0.4 is 0 Å². The van der Waals surface area contributed by atoms with E-state index in [9.17, 15) is 9.59 Å². The first-order valence-corrected chi connectivity index (χ1v) is 5.30. The zero-order valence-electron chi connectivity index (χ0n) is 8.29. The SMILES string of the molecule is C[C@@]12CC[C@H]3C[C@@H]1[C@@]3(CC=O)C(=O)O2. The molecule has 3 heteroatoms. The van der Waals surface area contributed by atoms with Crippen molar-refractivity contribution in [2.75, 3.05) is 0 Å². The van der Waals surface area contributed by atoms with E-state index in [1.165, 1.54) is 0 Å². The number of ether oxygens (including phenoxy) is 1. The predicted octanol–water partition coefficient (Wildman–Crippen LogP) is 1.31. The Morgan fingerprint density at radius 3 is 3.07 bits per heavy atom. The van der Waals surface area contributed by atoms with Gasteiger partial charge in [-0.2, -0.15) is 0 Å². The van der Waals surface area contributed by atoms with Crippen LogP contribution in [0.25, 0.3) is 0 Å². The quantitative estimate of drug-likeness (QED) is 0.491. The summed E-state index contributed by atoms with van der Waals surface area (Å²) in [6.45, 7) is 2.03. The molecule has 0 unspecified atom stereocenters. The Balaban J connectivity index is 2.06. The van der Waals surface area contributed by atoms with Crippen molar-refractivity contribution < 1.29 is 14.3 Å². The van der Waals surface area contributed by atoms with Gasteiger partial charge in [-0.25, -0.2) is 0 Å². The van der Waals surface area contributed by atoms with Gasteiger partial charge in [0.15, 0.2) is 0 Å². The second-order valence-electron chi connectivity index (χ2n) is 5.14. The van der Waals surface area contributed by atoms with Crippen LogP contribution in [-0.2, 0) is 14.3 Å². The fourth-order valence-corrected chi connectivity index (χ4v) is 3.90. The molecular weight excluding hydrogens is 180 g/mol. The van der Waals surface area contributed by atoms with Crippen molar-refractivity contribution in [1.82, 2.24) is 0 Å². The number of aldehydes is 1. The Labute approximate surface area is 82.8 Å². The number of hydrogen-bond acceptors (Lipinski definition) is 3. The maximum atomic E-state index is 11.8. The van der Waals surface area contributed by atoms with E-state index in [0.717, 1.165) is 25.5 Å². The van der Waals surface area contributed by atoms with E-state index < -0.39 is 5.41 Å². The van der Waals surface area contributed by atoms with E-state index in [1.807, 2.05) is 6.92 Å². The molecule has 1 heterocycles. The Morgan fingerprint density at radius 2 is 2.43 bits per heavy atom. The van der Waals surface area contributed by atoms with E-state index in [1.54, 1.807) is 0 Å². The highest BCUT2D eigenvalue weighted by atomic mass is 16.6. The molecule has 4 bridgehead atoms. The lowest BCUT2D eigenvalue weighted by Gasteiger charge is -2.56. The standard InChI is InChI=1S/C11H14O3/c1-10-3-2-7-6-8(10)11(7,4-5-12)9(13)14-10/h5,7-8H,2-4,6H2,1H3/t7-,8-,10+,11-/m0/s1. The van der Waals surface area contributed by atoms with E-state index in [-0.39, 0.29) is 11.6 Å². The fourth-order valence-electron chi connectivity index (χ4n) is 3.90. The van der Waals surface area contributed by atoms with Gasteiger partial charge in [0, 0.05) is 12.3 Å². The monoisotopic (exact) mass is 194 g/mol. The number of esters is 1. The lowest BCUT2D eigenvalue weighted by molar-refractivity contribution is -0.156. The second-order valence-corrected chi connectivity index (χ2v) is 5.14. The predicted molar refractivity (Wildman–Crippen MR) is 48.4 cm³/mol. The molecule has 4 rings (SSSR count). The van der Waals surface area contributed by atoms with Crippen molar-refractivity contribution in [2.24, 2.45) is 17.3 Å². The Kier molecular flexibility index (Phi) is 1.33. The highest BCUT2D eigenvalue weighted by Gasteiger charge is 2.74. The van der Waals surface area contributed by atoms with E-state index in [4.69, 9.17) is 4.74 Å². The molecule has 0 radical (unpaired) electrons. The first-order valence-electron chi connectivity index (χ1n) is 5.30. The summed E-state index contributed by atoms with van der Waals surface area (Å²) in [5.74, 6) is 0.623. The smallest absolute Gasteiger partial charge is 0.313 e. The van der Waals surface area contributed by atoms with Gasteiger partial charge >= 0.3 is 5.97 Å². The van der Waals surface area contributed by atoms with Gasteiger partial charge in [0.1, 0.15) is 11.9 Å². The van der Waals surface area contributed by atoms with Crippen molar-refractivity contribution in [1.29, 1.82) is 0 Å². The minimum absolute atomic E-state index is 0.106. The van der Waals surface area contributed by atoms with Gasteiger partial charge in [0.05, 0.1) is 5.41 Å². The lowest BCUT2D eigenvalue weighted by atomic mass is 9.44. The van der Waals surface area contributed by atoms with Crippen LogP contribution in [0.15, 0.2) is 0 Å². The van der Waals surface area contributed by atoms with Crippen LogP contribution in [0.4, 0.5) is 0 Å². The molecule has 4 atom stereocenters. The van der Waals surface area contributed by atoms with E-state index in [2.05, 4.69) is 0 Å². The van der Waals surface area contributed by atoms with Crippen molar-refractivity contribution in [3.8, 4) is 0 Å². The van der Waals surface area contributed by atoms with Crippen LogP contribution in [0.3, 0.4) is 0 Å². The molecule has 1 aliphatic heterocycles. The zero-order valence-corrected chi connectivity index (χ0v) is 8.29. The molecule has 14 heavy (non-hydrogen) atoms. The summed E-state index contributed by atoms with van der Waals surface area (Å²) in [6.07, 6.45) is 4.37. The van der Waals surface area contributed by atoms with Gasteiger partial charge in [-0.05, 0) is 32.1 Å². The van der Waals surface area contributed by atoms with Crippen molar-refractivity contribution in [3.05, 3.63) is 0 Å². The molecule has 0 aromatic rings. The molecule has 1 saturated heterocycles. The first kappa shape index (κ1) is 8.45. The number of fused-ring (bicyclic) bond motifs is 1. The molecule has 4 aliphatic rings. The van der Waals surface area contributed by atoms with Gasteiger partial charge in [-0.1, -0.05) is 0 Å². The van der Waals surface area contributed by atoms with Crippen LogP contribution in [-0.4, -0.2) is 17.9 Å². The largest absolute Gasteiger partial charge is 0.459 e. The molecule has 0 aromatic carbocycles. The van der Waals surface area contributed by atoms with Crippen LogP contribution in [0.2, 0.25) is 0 Å². The van der Waals surface area contributed by atoms with Crippen LogP contribution in [0, 0.1) is 17.3 Å². The number of carbonyl (C=O) groups is 2. The third-order valence-corrected chi connectivity index (χ3v) is 4.72. The van der Waals surface area contributed by atoms with Crippen molar-refractivity contribution in [3.63, 3.8) is 0 Å². The summed E-state index contributed by atoms with van der Waals surface area (Å²) in [6, 6.07) is 0. The molecular formula is C11H14O3. The Bertz CT molecular complexity index is 322. The fraction of sp³-hybridized carbons (Fsp3) is 0.818. The van der Waals surface area contributed by atoms with Crippen LogP contribution in [0.5, 0.6) is 0 Å². The Hall–Kier alpha value is -0.860. The average Bonchev–Trinajstić information content (AvgIpc) is 2.21. The van der Waals surface area contributed by atoms with Crippen LogP contribution in [0.1, 0.15) is 32.6 Å². The average molecular weight is 194 g/mol. The van der Waals surface area contributed by atoms with Gasteiger partial charge in [-0.15, -0.1) is 0 Å². The van der Waals surface area contributed by atoms with Gasteiger partial charge < -0.3 is 9.53 Å². The normalized spacial score (nSPS) is 53.6. The Morgan fingerprint density at radius 1 is 1.64 bits per heavy atom. The van der Waals surface area contributed by atoms with Crippen LogP contribution >= 0.6 is 0 Å². The highest BCUT2D eigenvalue weighted by Crippen LogP contribution is 2.70. The summed E-state index contributed by atoms with van der Waals surface area (Å²) in [7, 11) is 0. The maximum absolute atomic E-state index is 11.8. The van der Waals surface area contributed by atoms with E-state index in [0.29, 0.717) is 18.3 Å². The lowest BCUT2D eigenvalue weighted by Crippen LogP contribution is -2.58. The summed E-state index contributed by atoms with van der Waals surface area (Å²) in [4.78, 5) is 22.5. The maximum Gasteiger partial charge on any atom is 0.313 e. The molecule has 0 amide bonds. The first-order chi connectivity index (χ1) is 6.63. The molecule has 3 saturated carbocycles. The molecule has 0 aromatic heterocycles. The van der Waals surface area contributed by atoms with E-state index >= 15 is 0 Å². The van der Waals surface area contributed by atoms with Gasteiger partial charge in [-0.3, -0.25) is 4.79 Å².